The lowest BCUT2D eigenvalue weighted by Gasteiger charge is -2.19. The Balaban J connectivity index is 0.000000206. The number of pyridine rings is 1. The van der Waals surface area contributed by atoms with Gasteiger partial charge in [0, 0.05) is 11.9 Å². The van der Waals surface area contributed by atoms with Crippen LogP contribution in [0.3, 0.4) is 0 Å². The van der Waals surface area contributed by atoms with Gasteiger partial charge in [-0.2, -0.15) is 0 Å². The van der Waals surface area contributed by atoms with Crippen molar-refractivity contribution in [2.24, 2.45) is 5.92 Å². The molecule has 0 saturated carbocycles. The molecule has 0 spiro atoms. The van der Waals surface area contributed by atoms with Gasteiger partial charge in [-0.3, -0.25) is 35.3 Å². The first-order chi connectivity index (χ1) is 12.7. The highest BCUT2D eigenvalue weighted by atomic mass is 16.6. The maximum atomic E-state index is 10.4. The molecule has 142 valence electrons. The number of benzene rings is 1. The van der Waals surface area contributed by atoms with Crippen molar-refractivity contribution in [1.82, 2.24) is 4.98 Å². The van der Waals surface area contributed by atoms with E-state index >= 15 is 0 Å². The summed E-state index contributed by atoms with van der Waals surface area (Å²) in [6.07, 6.45) is 5.64. The van der Waals surface area contributed by atoms with E-state index < -0.39 is 37.6 Å². The average Bonchev–Trinajstić information content (AvgIpc) is 2.61. The zero-order valence-electron chi connectivity index (χ0n) is 14.3. The second kappa shape index (κ2) is 8.17. The standard InChI is InChI=1S/C10H13N.C6H3N3O7/c1-8-4-5-9-3-2-6-11-10(9)7-8;10-6-4(8(13)14)1-3(7(11)12)2-5(6)9(15)16/h2-3,6,8H,4-5,7H2,1H3;1-2,10H. The van der Waals surface area contributed by atoms with Crippen LogP contribution in [0.25, 0.3) is 0 Å². The van der Waals surface area contributed by atoms with E-state index in [2.05, 4.69) is 18.0 Å². The summed E-state index contributed by atoms with van der Waals surface area (Å²) in [5.74, 6) is -0.377. The highest BCUT2D eigenvalue weighted by molar-refractivity contribution is 5.64. The third kappa shape index (κ3) is 4.71. The maximum absolute atomic E-state index is 10.4. The number of nitro benzene ring substituents is 3. The number of non-ortho nitro benzene ring substituents is 1. The van der Waals surface area contributed by atoms with Crippen molar-refractivity contribution in [2.75, 3.05) is 0 Å². The molecule has 27 heavy (non-hydrogen) atoms. The molecule has 2 aromatic rings. The normalized spacial score (nSPS) is 15.1. The van der Waals surface area contributed by atoms with E-state index in [4.69, 9.17) is 5.11 Å². The van der Waals surface area contributed by atoms with Gasteiger partial charge in [-0.15, -0.1) is 0 Å². The van der Waals surface area contributed by atoms with Gasteiger partial charge in [0.15, 0.2) is 0 Å². The van der Waals surface area contributed by atoms with Gasteiger partial charge in [-0.05, 0) is 36.8 Å². The predicted molar refractivity (Wildman–Crippen MR) is 93.5 cm³/mol. The van der Waals surface area contributed by atoms with E-state index in [1.54, 1.807) is 0 Å². The maximum Gasteiger partial charge on any atom is 0.324 e. The third-order valence-electron chi connectivity index (χ3n) is 4.09. The van der Waals surface area contributed by atoms with E-state index in [9.17, 15) is 30.3 Å². The molecule has 1 atom stereocenters. The molecule has 0 radical (unpaired) electrons. The summed E-state index contributed by atoms with van der Waals surface area (Å²) >= 11 is 0. The van der Waals surface area contributed by atoms with Crippen LogP contribution in [0.5, 0.6) is 5.75 Å². The van der Waals surface area contributed by atoms with Crippen molar-refractivity contribution in [2.45, 2.75) is 26.2 Å². The second-order valence-corrected chi connectivity index (χ2v) is 6.06. The van der Waals surface area contributed by atoms with E-state index in [0.29, 0.717) is 12.1 Å². The molecule has 1 aliphatic carbocycles. The Morgan fingerprint density at radius 1 is 1.07 bits per heavy atom. The minimum absolute atomic E-state index is 0.447. The molecule has 11 heteroatoms. The van der Waals surface area contributed by atoms with Gasteiger partial charge in [-0.25, -0.2) is 0 Å². The number of aromatic hydroxyl groups is 1. The number of hydrogen-bond acceptors (Lipinski definition) is 8. The lowest BCUT2D eigenvalue weighted by atomic mass is 9.88. The number of hydrogen-bond donors (Lipinski definition) is 1. The summed E-state index contributed by atoms with van der Waals surface area (Å²) in [6.45, 7) is 2.30. The van der Waals surface area contributed by atoms with Crippen molar-refractivity contribution >= 4 is 17.1 Å². The van der Waals surface area contributed by atoms with Crippen LogP contribution in [-0.2, 0) is 12.8 Å². The second-order valence-electron chi connectivity index (χ2n) is 6.06. The molecule has 0 saturated heterocycles. The van der Waals surface area contributed by atoms with Crippen LogP contribution in [0.2, 0.25) is 0 Å². The molecular formula is C16H16N4O7. The smallest absolute Gasteiger partial charge is 0.324 e. The molecule has 1 aromatic carbocycles. The molecule has 1 unspecified atom stereocenters. The highest BCUT2D eigenvalue weighted by Crippen LogP contribution is 2.38. The number of nitrogens with zero attached hydrogens (tertiary/aromatic N) is 4. The van der Waals surface area contributed by atoms with Crippen molar-refractivity contribution < 1.29 is 19.9 Å². The van der Waals surface area contributed by atoms with Gasteiger partial charge in [-0.1, -0.05) is 13.0 Å². The van der Waals surface area contributed by atoms with Gasteiger partial charge in [0.25, 0.3) is 11.4 Å². The summed E-state index contributed by atoms with van der Waals surface area (Å²) in [4.78, 5) is 32.1. The zero-order chi connectivity index (χ0) is 20.1. The first-order valence-electron chi connectivity index (χ1n) is 7.93. The van der Waals surface area contributed by atoms with Crippen LogP contribution in [-0.4, -0.2) is 24.9 Å². The molecule has 1 aliphatic rings. The van der Waals surface area contributed by atoms with Gasteiger partial charge in [0.1, 0.15) is 0 Å². The van der Waals surface area contributed by atoms with Crippen LogP contribution >= 0.6 is 0 Å². The Labute approximate surface area is 152 Å². The Morgan fingerprint density at radius 2 is 1.67 bits per heavy atom. The molecule has 0 bridgehead atoms. The molecule has 1 aromatic heterocycles. The molecule has 1 heterocycles. The van der Waals surface area contributed by atoms with Crippen molar-refractivity contribution in [3.05, 3.63) is 72.1 Å². The molecule has 3 rings (SSSR count). The first-order valence-corrected chi connectivity index (χ1v) is 7.93. The predicted octanol–water partition coefficient (Wildman–Crippen LogP) is 3.32. The van der Waals surface area contributed by atoms with Gasteiger partial charge in [0.05, 0.1) is 26.9 Å². The van der Waals surface area contributed by atoms with E-state index in [1.165, 1.54) is 30.5 Å². The van der Waals surface area contributed by atoms with Gasteiger partial charge < -0.3 is 5.11 Å². The first kappa shape index (κ1) is 19.7. The third-order valence-corrected chi connectivity index (χ3v) is 4.09. The van der Waals surface area contributed by atoms with Crippen LogP contribution in [0.1, 0.15) is 24.6 Å². The quantitative estimate of drug-likeness (QED) is 0.629. The largest absolute Gasteiger partial charge is 0.497 e. The summed E-state index contributed by atoms with van der Waals surface area (Å²) in [5, 5.41) is 40.2. The van der Waals surface area contributed by atoms with Gasteiger partial charge in [0.2, 0.25) is 0 Å². The highest BCUT2D eigenvalue weighted by Gasteiger charge is 2.30. The molecular weight excluding hydrogens is 360 g/mol. The van der Waals surface area contributed by atoms with Crippen molar-refractivity contribution in [1.29, 1.82) is 0 Å². The van der Waals surface area contributed by atoms with Crippen LogP contribution in [0.15, 0.2) is 30.5 Å². The number of aromatic nitrogens is 1. The lowest BCUT2D eigenvalue weighted by molar-refractivity contribution is -0.404. The summed E-state index contributed by atoms with van der Waals surface area (Å²) in [7, 11) is 0. The lowest BCUT2D eigenvalue weighted by Crippen LogP contribution is -2.12. The number of rotatable bonds is 3. The molecule has 11 nitrogen and oxygen atoms in total. The van der Waals surface area contributed by atoms with Crippen molar-refractivity contribution in [3.63, 3.8) is 0 Å². The van der Waals surface area contributed by atoms with Crippen molar-refractivity contribution in [3.8, 4) is 5.75 Å². The number of phenolic OH excluding ortho intramolecular Hbond substituents is 1. The molecule has 0 fully saturated rings. The number of aryl methyl sites for hydroxylation is 1. The fourth-order valence-corrected chi connectivity index (χ4v) is 2.69. The Bertz CT molecular complexity index is 865. The van der Waals surface area contributed by atoms with E-state index in [-0.39, 0.29) is 0 Å². The van der Waals surface area contributed by atoms with Gasteiger partial charge >= 0.3 is 11.4 Å². The summed E-state index contributed by atoms with van der Waals surface area (Å²) in [5.41, 5.74) is -0.213. The molecule has 0 amide bonds. The Morgan fingerprint density at radius 3 is 2.19 bits per heavy atom. The van der Waals surface area contributed by atoms with E-state index in [0.717, 1.165) is 5.92 Å². The fourth-order valence-electron chi connectivity index (χ4n) is 2.69. The summed E-state index contributed by atoms with van der Waals surface area (Å²) < 4.78 is 0. The average molecular weight is 376 g/mol. The number of fused-ring (bicyclic) bond motifs is 1. The minimum Gasteiger partial charge on any atom is -0.497 e. The summed E-state index contributed by atoms with van der Waals surface area (Å²) in [6, 6.07) is 5.13. The minimum atomic E-state index is -1.21. The van der Waals surface area contributed by atoms with Crippen LogP contribution < -0.4 is 0 Å². The topological polar surface area (TPSA) is 163 Å². The zero-order valence-corrected chi connectivity index (χ0v) is 14.3. The molecule has 1 N–H and O–H groups in total. The fraction of sp³-hybridized carbons (Fsp3) is 0.312. The van der Waals surface area contributed by atoms with Crippen LogP contribution in [0, 0.1) is 36.3 Å². The Hall–Kier alpha value is -3.63. The molecule has 0 aliphatic heterocycles. The van der Waals surface area contributed by atoms with E-state index in [1.807, 2.05) is 12.3 Å². The Kier molecular flexibility index (Phi) is 5.96. The monoisotopic (exact) mass is 376 g/mol. The number of phenols is 1. The number of nitro groups is 3. The SMILES string of the molecule is CC1CCc2cccnc2C1.O=[N+]([O-])c1cc([N+](=O)[O-])c(O)c([N+](=O)[O-])c1. The van der Waals surface area contributed by atoms with Crippen LogP contribution in [0.4, 0.5) is 17.1 Å².